The Morgan fingerprint density at radius 2 is 1.97 bits per heavy atom. The third-order valence-corrected chi connectivity index (χ3v) is 10.4. The van der Waals surface area contributed by atoms with Gasteiger partial charge in [-0.1, -0.05) is 6.92 Å². The van der Waals surface area contributed by atoms with E-state index in [2.05, 4.69) is 31.1 Å². The predicted octanol–water partition coefficient (Wildman–Crippen LogP) is 1.44. The molecule has 2 heterocycles. The van der Waals surface area contributed by atoms with Crippen molar-refractivity contribution in [1.82, 2.24) is 19.5 Å². The summed E-state index contributed by atoms with van der Waals surface area (Å²) in [5, 5.41) is 0. The van der Waals surface area contributed by atoms with Crippen LogP contribution in [0, 0.1) is 0 Å². The first-order valence-corrected chi connectivity index (χ1v) is 15.0. The van der Waals surface area contributed by atoms with Crippen LogP contribution in [-0.2, 0) is 34.5 Å². The van der Waals surface area contributed by atoms with Crippen molar-refractivity contribution in [1.29, 1.82) is 0 Å². The van der Waals surface area contributed by atoms with Gasteiger partial charge in [0.2, 0.25) is 0 Å². The summed E-state index contributed by atoms with van der Waals surface area (Å²) in [6.45, 7) is -1.01. The van der Waals surface area contributed by atoms with Crippen molar-refractivity contribution in [3.63, 3.8) is 0 Å². The Balaban J connectivity index is 1.68. The fourth-order valence-corrected chi connectivity index (χ4v) is 8.67. The van der Waals surface area contributed by atoms with Crippen LogP contribution >= 0.6 is 21.9 Å². The first-order valence-electron chi connectivity index (χ1n) is 8.84. The zero-order chi connectivity index (χ0) is 23.2. The van der Waals surface area contributed by atoms with Crippen LogP contribution in [0.1, 0.15) is 32.9 Å². The van der Waals surface area contributed by atoms with Gasteiger partial charge in [0.05, 0.1) is 18.0 Å². The minimum absolute atomic E-state index is 0.214. The van der Waals surface area contributed by atoms with Gasteiger partial charge < -0.3 is 34.6 Å². The molecule has 0 bridgehead atoms. The van der Waals surface area contributed by atoms with E-state index in [1.54, 1.807) is 11.5 Å². The Hall–Kier alpha value is -0.820. The largest absolute Gasteiger partial charge is 0.382 e. The third-order valence-electron chi connectivity index (χ3n) is 4.45. The van der Waals surface area contributed by atoms with Crippen molar-refractivity contribution >= 4 is 50.7 Å². The molecule has 1 fully saturated rings. The van der Waals surface area contributed by atoms with Crippen LogP contribution in [-0.4, -0.2) is 56.7 Å². The highest BCUT2D eigenvalue weighted by molar-refractivity contribution is 8.08. The highest BCUT2D eigenvalue weighted by Gasteiger charge is 2.57. The average molecular weight is 517 g/mol. The van der Waals surface area contributed by atoms with Gasteiger partial charge in [-0.05, 0) is 25.2 Å². The lowest BCUT2D eigenvalue weighted by atomic mass is 10.3. The molecule has 0 amide bonds. The van der Waals surface area contributed by atoms with E-state index >= 15 is 0 Å². The number of hydrogen-bond donors (Lipinski definition) is 5. The number of ether oxygens (including phenoxy) is 1. The normalized spacial score (nSPS) is 26.3. The second kappa shape index (κ2) is 8.51. The molecule has 1 aliphatic rings. The van der Waals surface area contributed by atoms with Crippen LogP contribution in [0.4, 0.5) is 5.82 Å². The number of imidazole rings is 1. The van der Waals surface area contributed by atoms with Crippen LogP contribution in [0.5, 0.6) is 0 Å². The summed E-state index contributed by atoms with van der Waals surface area (Å²) in [6, 6.07) is 0. The van der Waals surface area contributed by atoms with E-state index in [0.717, 1.165) is 0 Å². The fourth-order valence-electron chi connectivity index (χ4n) is 2.96. The van der Waals surface area contributed by atoms with Crippen LogP contribution in [0.25, 0.3) is 11.2 Å². The van der Waals surface area contributed by atoms with Crippen LogP contribution < -0.4 is 5.73 Å². The summed E-state index contributed by atoms with van der Waals surface area (Å²) in [7, 11) is -9.54. The highest BCUT2D eigenvalue weighted by Crippen LogP contribution is 2.66. The maximum Gasteiger partial charge on any atom is 0.347 e. The van der Waals surface area contributed by atoms with E-state index in [4.69, 9.17) is 24.8 Å². The van der Waals surface area contributed by atoms with E-state index in [1.807, 2.05) is 6.92 Å². The van der Waals surface area contributed by atoms with E-state index in [1.165, 1.54) is 12.7 Å². The number of nitrogen functional groups attached to an aromatic ring is 1. The summed E-state index contributed by atoms with van der Waals surface area (Å²) in [6.07, 6.45) is 2.09. The van der Waals surface area contributed by atoms with Gasteiger partial charge in [-0.15, -0.1) is 0 Å². The lowest BCUT2D eigenvalue weighted by molar-refractivity contribution is -0.0772. The predicted molar refractivity (Wildman–Crippen MR) is 112 cm³/mol. The maximum absolute atomic E-state index is 12.3. The summed E-state index contributed by atoms with van der Waals surface area (Å²) < 4.78 is 41.0. The molecule has 0 spiro atoms. The van der Waals surface area contributed by atoms with Gasteiger partial charge in [-0.3, -0.25) is 13.7 Å². The van der Waals surface area contributed by atoms with Crippen molar-refractivity contribution in [2.75, 3.05) is 11.6 Å². The molecular formula is C13H22N5O9P3S. The van der Waals surface area contributed by atoms with Gasteiger partial charge in [0, 0.05) is 6.42 Å². The summed E-state index contributed by atoms with van der Waals surface area (Å²) in [5.41, 5.74) is 5.68. The van der Waals surface area contributed by atoms with Crippen LogP contribution in [0.2, 0.25) is 0 Å². The van der Waals surface area contributed by atoms with Crippen molar-refractivity contribution in [2.24, 2.45) is 0 Å². The van der Waals surface area contributed by atoms with Crippen molar-refractivity contribution in [2.45, 2.75) is 44.6 Å². The number of hydrogen-bond acceptors (Lipinski definition) is 10. The van der Waals surface area contributed by atoms with E-state index in [-0.39, 0.29) is 12.2 Å². The molecule has 0 radical (unpaired) electrons. The minimum Gasteiger partial charge on any atom is -0.382 e. The van der Waals surface area contributed by atoms with Crippen LogP contribution in [0.3, 0.4) is 0 Å². The lowest BCUT2D eigenvalue weighted by Gasteiger charge is -2.24. The average Bonchev–Trinajstić information content (AvgIpc) is 2.99. The van der Waals surface area contributed by atoms with Crippen LogP contribution in [0.15, 0.2) is 12.7 Å². The van der Waals surface area contributed by atoms with Gasteiger partial charge in [0.25, 0.3) is 0 Å². The number of rotatable bonds is 10. The van der Waals surface area contributed by atoms with Gasteiger partial charge >= 0.3 is 21.9 Å². The first kappa shape index (κ1) is 24.8. The number of nitrogens with zero attached hydrogens (tertiary/aromatic N) is 4. The Labute approximate surface area is 181 Å². The molecule has 2 aromatic rings. The topological polar surface area (TPSA) is 212 Å². The van der Waals surface area contributed by atoms with E-state index < -0.39 is 45.7 Å². The minimum atomic E-state index is -4.88. The molecule has 0 aromatic carbocycles. The Bertz CT molecular complexity index is 1130. The van der Waals surface area contributed by atoms with Gasteiger partial charge in [-0.25, -0.2) is 19.3 Å². The Morgan fingerprint density at radius 3 is 2.58 bits per heavy atom. The van der Waals surface area contributed by atoms with Crippen molar-refractivity contribution in [3.8, 4) is 0 Å². The highest BCUT2D eigenvalue weighted by atomic mass is 32.5. The summed E-state index contributed by atoms with van der Waals surface area (Å²) in [4.78, 5) is 49.8. The fraction of sp³-hybridized carbons (Fsp3) is 0.615. The molecule has 174 valence electrons. The lowest BCUT2D eigenvalue weighted by Crippen LogP contribution is -2.23. The van der Waals surface area contributed by atoms with Gasteiger partial charge in [0.1, 0.15) is 18.1 Å². The van der Waals surface area contributed by atoms with Crippen molar-refractivity contribution < 1.29 is 42.3 Å². The monoisotopic (exact) mass is 517 g/mol. The molecule has 31 heavy (non-hydrogen) atoms. The Morgan fingerprint density at radius 1 is 1.29 bits per heavy atom. The number of fused-ring (bicyclic) bond motifs is 1. The van der Waals surface area contributed by atoms with Gasteiger partial charge in [0.15, 0.2) is 17.4 Å². The molecule has 5 atom stereocenters. The Kier molecular flexibility index (Phi) is 6.81. The van der Waals surface area contributed by atoms with Gasteiger partial charge in [-0.2, -0.15) is 0 Å². The third kappa shape index (κ3) is 6.16. The molecule has 2 aromatic heterocycles. The zero-order valence-corrected chi connectivity index (χ0v) is 19.9. The molecule has 0 aliphatic heterocycles. The molecule has 1 saturated carbocycles. The second-order valence-corrected chi connectivity index (χ2v) is 14.1. The smallest absolute Gasteiger partial charge is 0.347 e. The van der Waals surface area contributed by atoms with Crippen molar-refractivity contribution in [3.05, 3.63) is 12.7 Å². The summed E-state index contributed by atoms with van der Waals surface area (Å²) in [5.74, 6) is -1.14. The molecule has 6 N–H and O–H groups in total. The molecule has 3 rings (SSSR count). The second-order valence-electron chi connectivity index (χ2n) is 7.16. The van der Waals surface area contributed by atoms with E-state index in [9.17, 15) is 18.9 Å². The molecule has 18 heteroatoms. The molecule has 0 saturated heterocycles. The number of aromatic nitrogens is 4. The first-order chi connectivity index (χ1) is 14.1. The quantitative estimate of drug-likeness (QED) is 0.282. The summed E-state index contributed by atoms with van der Waals surface area (Å²) >= 11 is 4.11. The molecular weight excluding hydrogens is 495 g/mol. The van der Waals surface area contributed by atoms with E-state index in [0.29, 0.717) is 17.6 Å². The molecule has 14 nitrogen and oxygen atoms in total. The standard InChI is InChI=1S/C13H22N5O9P3S/c1-3-9(18-6-17-10-11(14)15-5-16-12(10)18)25-13(2)4-8(13)26-28(19,20)7-29(21,22)27-30(23,24)31/h5-6,8-9H,3-4,7H2,1-2H3,(H,19,20)(H,21,22)(H2,14,15,16)(H2,23,24,31)/t8-,9-,13-/m1/s1. The zero-order valence-electron chi connectivity index (χ0n) is 16.4. The number of anilines is 1. The molecule has 1 aliphatic carbocycles. The number of nitrogens with two attached hydrogens (primary N) is 1. The molecule has 2 unspecified atom stereocenters. The SMILES string of the molecule is CC[C@@H](O[C@]1(C)C[C@H]1OP(=O)(O)CP(=O)(O)OP(O)(O)=S)n1cnc2c(N)ncnc21. The maximum atomic E-state index is 12.3.